The Kier molecular flexibility index (Phi) is 7.83. The van der Waals surface area contributed by atoms with Crippen LogP contribution in [-0.4, -0.2) is 26.1 Å². The maximum Gasteiger partial charge on any atom is 0.220 e. The van der Waals surface area contributed by atoms with E-state index in [1.54, 1.807) is 7.11 Å². The number of ether oxygens (including phenoxy) is 1. The summed E-state index contributed by atoms with van der Waals surface area (Å²) in [5, 5.41) is 2.97. The summed E-state index contributed by atoms with van der Waals surface area (Å²) in [6.07, 6.45) is 2.33. The van der Waals surface area contributed by atoms with Crippen LogP contribution in [0.4, 0.5) is 0 Å². The number of carbonyl (C=O) groups excluding carboxylic acids is 1. The number of hydrogen-bond donors (Lipinski definition) is 2. The zero-order valence-corrected chi connectivity index (χ0v) is 13.4. The first kappa shape index (κ1) is 17.5. The lowest BCUT2D eigenvalue weighted by Gasteiger charge is -2.16. The minimum atomic E-state index is 0.0917. The Hall–Kier alpha value is -1.55. The van der Waals surface area contributed by atoms with E-state index in [0.717, 1.165) is 24.2 Å². The van der Waals surface area contributed by atoms with Crippen molar-refractivity contribution in [1.29, 1.82) is 0 Å². The number of hydrogen-bond acceptors (Lipinski definition) is 3. The summed E-state index contributed by atoms with van der Waals surface area (Å²) in [4.78, 5) is 11.9. The third kappa shape index (κ3) is 7.14. The highest BCUT2D eigenvalue weighted by atomic mass is 16.5. The van der Waals surface area contributed by atoms with Gasteiger partial charge in [0.05, 0.1) is 7.11 Å². The van der Waals surface area contributed by atoms with E-state index in [1.165, 1.54) is 0 Å². The largest absolute Gasteiger partial charge is 0.497 e. The average molecular weight is 292 g/mol. The monoisotopic (exact) mass is 292 g/mol. The summed E-state index contributed by atoms with van der Waals surface area (Å²) >= 11 is 0. The van der Waals surface area contributed by atoms with Crippen molar-refractivity contribution in [1.82, 2.24) is 5.32 Å². The molecule has 0 fully saturated rings. The molecule has 0 aliphatic rings. The van der Waals surface area contributed by atoms with E-state index in [2.05, 4.69) is 19.2 Å². The van der Waals surface area contributed by atoms with Gasteiger partial charge >= 0.3 is 0 Å². The first-order chi connectivity index (χ1) is 10.0. The molecule has 0 aliphatic heterocycles. The van der Waals surface area contributed by atoms with E-state index >= 15 is 0 Å². The number of methoxy groups -OCH3 is 1. The molecule has 1 amide bonds. The summed E-state index contributed by atoms with van der Waals surface area (Å²) in [6.45, 7) is 5.53. The zero-order valence-electron chi connectivity index (χ0n) is 13.4. The fraction of sp³-hybridized carbons (Fsp3) is 0.588. The van der Waals surface area contributed by atoms with Crippen LogP contribution in [0.1, 0.15) is 32.3 Å². The van der Waals surface area contributed by atoms with Crippen molar-refractivity contribution in [3.05, 3.63) is 29.8 Å². The third-order valence-corrected chi connectivity index (χ3v) is 3.48. The van der Waals surface area contributed by atoms with E-state index in [4.69, 9.17) is 10.5 Å². The molecule has 4 heteroatoms. The van der Waals surface area contributed by atoms with Crippen LogP contribution in [-0.2, 0) is 11.2 Å². The molecule has 21 heavy (non-hydrogen) atoms. The molecule has 0 aliphatic carbocycles. The summed E-state index contributed by atoms with van der Waals surface area (Å²) in [5.74, 6) is 1.79. The molecule has 4 nitrogen and oxygen atoms in total. The number of nitrogens with one attached hydrogen (secondary N) is 1. The Balaban J connectivity index is 2.32. The number of rotatable bonds is 9. The van der Waals surface area contributed by atoms with Gasteiger partial charge in [0.1, 0.15) is 5.75 Å². The molecule has 1 atom stereocenters. The summed E-state index contributed by atoms with van der Waals surface area (Å²) in [6, 6.07) is 7.91. The Morgan fingerprint density at radius 3 is 2.76 bits per heavy atom. The van der Waals surface area contributed by atoms with Gasteiger partial charge in [0.15, 0.2) is 0 Å². The molecule has 0 spiro atoms. The fourth-order valence-corrected chi connectivity index (χ4v) is 2.44. The molecule has 0 radical (unpaired) electrons. The van der Waals surface area contributed by atoms with Crippen LogP contribution in [0.15, 0.2) is 24.3 Å². The predicted octanol–water partition coefficient (Wildman–Crippen LogP) is 2.36. The fourth-order valence-electron chi connectivity index (χ4n) is 2.44. The molecule has 1 aromatic rings. The van der Waals surface area contributed by atoms with Gasteiger partial charge in [-0.05, 0) is 48.9 Å². The minimum Gasteiger partial charge on any atom is -0.497 e. The van der Waals surface area contributed by atoms with Gasteiger partial charge in [-0.3, -0.25) is 4.79 Å². The smallest absolute Gasteiger partial charge is 0.220 e. The molecule has 0 heterocycles. The van der Waals surface area contributed by atoms with Crippen molar-refractivity contribution in [2.75, 3.05) is 20.2 Å². The second kappa shape index (κ2) is 9.40. The van der Waals surface area contributed by atoms with Gasteiger partial charge < -0.3 is 15.8 Å². The van der Waals surface area contributed by atoms with Crippen molar-refractivity contribution in [2.24, 2.45) is 17.6 Å². The molecule has 3 N–H and O–H groups in total. The Bertz CT molecular complexity index is 433. The molecular formula is C17H28N2O2. The highest BCUT2D eigenvalue weighted by Gasteiger charge is 2.13. The van der Waals surface area contributed by atoms with Gasteiger partial charge in [0.25, 0.3) is 0 Å². The highest BCUT2D eigenvalue weighted by Crippen LogP contribution is 2.14. The number of nitrogens with two attached hydrogens (primary N) is 1. The first-order valence-electron chi connectivity index (χ1n) is 7.64. The molecule has 0 saturated carbocycles. The highest BCUT2D eigenvalue weighted by molar-refractivity contribution is 5.76. The van der Waals surface area contributed by atoms with Crippen LogP contribution in [0.3, 0.4) is 0 Å². The van der Waals surface area contributed by atoms with Gasteiger partial charge in [0, 0.05) is 13.0 Å². The molecule has 0 aromatic heterocycles. The van der Waals surface area contributed by atoms with E-state index < -0.39 is 0 Å². The standard InChI is InChI=1S/C17H28N2O2/c1-13(2)9-15(12-18)11-17(20)19-8-7-14-5-4-6-16(10-14)21-3/h4-6,10,13,15H,7-9,11-12,18H2,1-3H3,(H,19,20)/t15-/m0/s1. The Morgan fingerprint density at radius 2 is 2.14 bits per heavy atom. The van der Waals surface area contributed by atoms with Crippen LogP contribution >= 0.6 is 0 Å². The van der Waals surface area contributed by atoms with E-state index in [1.807, 2.05) is 24.3 Å². The predicted molar refractivity (Wildman–Crippen MR) is 86.3 cm³/mol. The SMILES string of the molecule is COc1cccc(CCNC(=O)C[C@@H](CN)CC(C)C)c1. The minimum absolute atomic E-state index is 0.0917. The first-order valence-corrected chi connectivity index (χ1v) is 7.64. The Labute approximate surface area is 128 Å². The lowest BCUT2D eigenvalue weighted by atomic mass is 9.94. The van der Waals surface area contributed by atoms with E-state index in [9.17, 15) is 4.79 Å². The molecule has 1 aromatic carbocycles. The molecule has 0 bridgehead atoms. The van der Waals surface area contributed by atoms with Gasteiger partial charge in [-0.1, -0.05) is 26.0 Å². The van der Waals surface area contributed by atoms with Crippen molar-refractivity contribution < 1.29 is 9.53 Å². The van der Waals surface area contributed by atoms with Crippen molar-refractivity contribution in [2.45, 2.75) is 33.1 Å². The molecule has 1 rings (SSSR count). The lowest BCUT2D eigenvalue weighted by molar-refractivity contribution is -0.122. The van der Waals surface area contributed by atoms with Crippen LogP contribution in [0.25, 0.3) is 0 Å². The van der Waals surface area contributed by atoms with Gasteiger partial charge in [-0.25, -0.2) is 0 Å². The maximum atomic E-state index is 11.9. The van der Waals surface area contributed by atoms with Crippen LogP contribution in [0.2, 0.25) is 0 Å². The molecule has 0 saturated heterocycles. The lowest BCUT2D eigenvalue weighted by Crippen LogP contribution is -2.30. The van der Waals surface area contributed by atoms with Gasteiger partial charge in [-0.15, -0.1) is 0 Å². The second-order valence-corrected chi connectivity index (χ2v) is 5.89. The van der Waals surface area contributed by atoms with E-state index in [-0.39, 0.29) is 11.8 Å². The van der Waals surface area contributed by atoms with Crippen LogP contribution in [0.5, 0.6) is 5.75 Å². The van der Waals surface area contributed by atoms with Crippen molar-refractivity contribution in [3.8, 4) is 5.75 Å². The number of benzene rings is 1. The Morgan fingerprint density at radius 1 is 1.38 bits per heavy atom. The third-order valence-electron chi connectivity index (χ3n) is 3.48. The quantitative estimate of drug-likeness (QED) is 0.734. The molecular weight excluding hydrogens is 264 g/mol. The molecule has 118 valence electrons. The van der Waals surface area contributed by atoms with Gasteiger partial charge in [-0.2, -0.15) is 0 Å². The van der Waals surface area contributed by atoms with Crippen LogP contribution < -0.4 is 15.8 Å². The number of carbonyl (C=O) groups is 1. The van der Waals surface area contributed by atoms with Gasteiger partial charge in [0.2, 0.25) is 5.91 Å². The normalized spacial score (nSPS) is 12.2. The molecule has 0 unspecified atom stereocenters. The maximum absolute atomic E-state index is 11.9. The number of amides is 1. The second-order valence-electron chi connectivity index (χ2n) is 5.89. The zero-order chi connectivity index (χ0) is 15.7. The van der Waals surface area contributed by atoms with Crippen molar-refractivity contribution in [3.63, 3.8) is 0 Å². The van der Waals surface area contributed by atoms with Crippen molar-refractivity contribution >= 4 is 5.91 Å². The van der Waals surface area contributed by atoms with E-state index in [0.29, 0.717) is 25.4 Å². The summed E-state index contributed by atoms with van der Waals surface area (Å²) in [5.41, 5.74) is 6.89. The summed E-state index contributed by atoms with van der Waals surface area (Å²) < 4.78 is 5.19. The topological polar surface area (TPSA) is 64.3 Å². The average Bonchev–Trinajstić information content (AvgIpc) is 2.46. The van der Waals surface area contributed by atoms with Crippen LogP contribution in [0, 0.1) is 11.8 Å². The summed E-state index contributed by atoms with van der Waals surface area (Å²) in [7, 11) is 1.66.